The molecule has 1 aliphatic heterocycles. The van der Waals surface area contributed by atoms with Gasteiger partial charge in [-0.25, -0.2) is 8.42 Å². The van der Waals surface area contributed by atoms with Gasteiger partial charge in [0.1, 0.15) is 0 Å². The van der Waals surface area contributed by atoms with E-state index in [1.165, 1.54) is 4.31 Å². The number of thioether (sulfide) groups is 1. The predicted octanol–water partition coefficient (Wildman–Crippen LogP) is 3.13. The highest BCUT2D eigenvalue weighted by Crippen LogP contribution is 2.25. The van der Waals surface area contributed by atoms with E-state index in [4.69, 9.17) is 0 Å². The van der Waals surface area contributed by atoms with Gasteiger partial charge in [0.2, 0.25) is 15.9 Å². The largest absolute Gasteiger partial charge is 0.352 e. The Morgan fingerprint density at radius 2 is 1.70 bits per heavy atom. The van der Waals surface area contributed by atoms with Gasteiger partial charge in [-0.2, -0.15) is 4.31 Å². The number of nitrogens with zero attached hydrogens (tertiary/aromatic N) is 1. The van der Waals surface area contributed by atoms with Gasteiger partial charge in [0, 0.05) is 30.4 Å². The van der Waals surface area contributed by atoms with Crippen molar-refractivity contribution in [1.29, 1.82) is 0 Å². The maximum absolute atomic E-state index is 12.8. The van der Waals surface area contributed by atoms with E-state index < -0.39 is 10.0 Å². The van der Waals surface area contributed by atoms with Crippen LogP contribution in [0.25, 0.3) is 0 Å². The molecule has 1 N–H and O–H groups in total. The van der Waals surface area contributed by atoms with Crippen molar-refractivity contribution in [2.45, 2.75) is 29.2 Å². The second-order valence-electron chi connectivity index (χ2n) is 6.56. The molecule has 27 heavy (non-hydrogen) atoms. The van der Waals surface area contributed by atoms with E-state index in [1.54, 1.807) is 23.9 Å². The lowest BCUT2D eigenvalue weighted by Gasteiger charge is -2.30. The number of hydrogen-bond acceptors (Lipinski definition) is 4. The van der Waals surface area contributed by atoms with Crippen molar-refractivity contribution in [2.75, 3.05) is 19.3 Å². The molecule has 144 valence electrons. The third-order valence-corrected chi connectivity index (χ3v) is 7.49. The minimum Gasteiger partial charge on any atom is -0.352 e. The third-order valence-electron chi connectivity index (χ3n) is 4.83. The summed E-state index contributed by atoms with van der Waals surface area (Å²) >= 11 is 1.58. The van der Waals surface area contributed by atoms with Crippen LogP contribution in [0.15, 0.2) is 64.4 Å². The first-order valence-corrected chi connectivity index (χ1v) is 11.6. The lowest BCUT2D eigenvalue weighted by molar-refractivity contribution is -0.126. The van der Waals surface area contributed by atoms with Gasteiger partial charge in [0.25, 0.3) is 0 Å². The molecule has 5 nitrogen and oxygen atoms in total. The number of carbonyl (C=O) groups is 1. The average molecular weight is 405 g/mol. The number of sulfonamides is 1. The zero-order chi connectivity index (χ0) is 19.3. The molecule has 0 atom stereocenters. The number of hydrogen-bond donors (Lipinski definition) is 1. The van der Waals surface area contributed by atoms with Gasteiger partial charge in [0.05, 0.1) is 4.90 Å². The van der Waals surface area contributed by atoms with E-state index >= 15 is 0 Å². The molecular formula is C20H24N2O3S2. The highest BCUT2D eigenvalue weighted by molar-refractivity contribution is 7.98. The fourth-order valence-corrected chi connectivity index (χ4v) is 5.06. The van der Waals surface area contributed by atoms with Crippen LogP contribution in [0, 0.1) is 5.92 Å². The average Bonchev–Trinajstić information content (AvgIpc) is 2.73. The molecule has 0 saturated carbocycles. The summed E-state index contributed by atoms with van der Waals surface area (Å²) in [4.78, 5) is 13.7. The highest BCUT2D eigenvalue weighted by atomic mass is 32.2. The van der Waals surface area contributed by atoms with Crippen molar-refractivity contribution >= 4 is 27.7 Å². The lowest BCUT2D eigenvalue weighted by atomic mass is 9.97. The summed E-state index contributed by atoms with van der Waals surface area (Å²) in [6.45, 7) is 1.24. The van der Waals surface area contributed by atoms with E-state index in [0.29, 0.717) is 37.4 Å². The van der Waals surface area contributed by atoms with E-state index in [1.807, 2.05) is 48.7 Å². The Bertz CT molecular complexity index is 860. The minimum atomic E-state index is -3.50. The van der Waals surface area contributed by atoms with Crippen molar-refractivity contribution in [3.63, 3.8) is 0 Å². The van der Waals surface area contributed by atoms with Gasteiger partial charge in [0.15, 0.2) is 0 Å². The number of benzene rings is 2. The SMILES string of the molecule is CSc1ccc(S(=O)(=O)N2CCC(C(=O)NCc3ccccc3)CC2)cc1. The molecule has 1 heterocycles. The molecule has 7 heteroatoms. The summed E-state index contributed by atoms with van der Waals surface area (Å²) < 4.78 is 27.1. The maximum Gasteiger partial charge on any atom is 0.243 e. The quantitative estimate of drug-likeness (QED) is 0.751. The fraction of sp³-hybridized carbons (Fsp3) is 0.350. The van der Waals surface area contributed by atoms with E-state index in [9.17, 15) is 13.2 Å². The predicted molar refractivity (Wildman–Crippen MR) is 108 cm³/mol. The summed E-state index contributed by atoms with van der Waals surface area (Å²) in [5, 5.41) is 2.96. The molecule has 1 fully saturated rings. The normalized spacial score (nSPS) is 16.2. The number of amides is 1. The molecule has 1 amide bonds. The van der Waals surface area contributed by atoms with Crippen LogP contribution in [-0.2, 0) is 21.4 Å². The molecule has 1 aliphatic rings. The monoisotopic (exact) mass is 404 g/mol. The topological polar surface area (TPSA) is 66.5 Å². The minimum absolute atomic E-state index is 0.000208. The number of piperidine rings is 1. The van der Waals surface area contributed by atoms with Gasteiger partial charge >= 0.3 is 0 Å². The van der Waals surface area contributed by atoms with Gasteiger partial charge in [-0.1, -0.05) is 30.3 Å². The molecule has 1 saturated heterocycles. The molecule has 0 bridgehead atoms. The molecule has 0 spiro atoms. The first-order valence-electron chi connectivity index (χ1n) is 8.96. The van der Waals surface area contributed by atoms with Crippen LogP contribution in [0.3, 0.4) is 0 Å². The van der Waals surface area contributed by atoms with Crippen LogP contribution in [0.5, 0.6) is 0 Å². The summed E-state index contributed by atoms with van der Waals surface area (Å²) in [7, 11) is -3.50. The Morgan fingerprint density at radius 1 is 1.07 bits per heavy atom. The lowest BCUT2D eigenvalue weighted by Crippen LogP contribution is -2.42. The fourth-order valence-electron chi connectivity index (χ4n) is 3.18. The third kappa shape index (κ3) is 4.91. The molecular weight excluding hydrogens is 380 g/mol. The standard InChI is InChI=1S/C20H24N2O3S2/c1-26-18-7-9-19(10-8-18)27(24,25)22-13-11-17(12-14-22)20(23)21-15-16-5-3-2-4-6-16/h2-10,17H,11-15H2,1H3,(H,21,23). The van der Waals surface area contributed by atoms with E-state index in [0.717, 1.165) is 10.5 Å². The molecule has 0 unspecified atom stereocenters. The summed E-state index contributed by atoms with van der Waals surface area (Å²) in [5.41, 5.74) is 1.06. The van der Waals surface area contributed by atoms with Crippen LogP contribution < -0.4 is 5.32 Å². The first kappa shape index (κ1) is 19.9. The first-order chi connectivity index (χ1) is 13.0. The second-order valence-corrected chi connectivity index (χ2v) is 9.37. The smallest absolute Gasteiger partial charge is 0.243 e. The van der Waals surface area contributed by atoms with Crippen LogP contribution >= 0.6 is 11.8 Å². The zero-order valence-electron chi connectivity index (χ0n) is 15.3. The zero-order valence-corrected chi connectivity index (χ0v) is 16.9. The summed E-state index contributed by atoms with van der Waals surface area (Å²) in [5.74, 6) is -0.140. The van der Waals surface area contributed by atoms with Crippen LogP contribution in [-0.4, -0.2) is 38.0 Å². The molecule has 3 rings (SSSR count). The van der Waals surface area contributed by atoms with Gasteiger partial charge in [-0.3, -0.25) is 4.79 Å². The van der Waals surface area contributed by atoms with Crippen molar-refractivity contribution in [2.24, 2.45) is 5.92 Å². The van der Waals surface area contributed by atoms with Crippen molar-refractivity contribution in [1.82, 2.24) is 9.62 Å². The van der Waals surface area contributed by atoms with E-state index in [-0.39, 0.29) is 11.8 Å². The highest BCUT2D eigenvalue weighted by Gasteiger charge is 2.31. The molecule has 2 aromatic rings. The van der Waals surface area contributed by atoms with Gasteiger partial charge in [-0.15, -0.1) is 11.8 Å². The number of carbonyl (C=O) groups excluding carboxylic acids is 1. The van der Waals surface area contributed by atoms with Crippen molar-refractivity contribution in [3.05, 3.63) is 60.2 Å². The van der Waals surface area contributed by atoms with Crippen molar-refractivity contribution in [3.8, 4) is 0 Å². The summed E-state index contributed by atoms with van der Waals surface area (Å²) in [6.07, 6.45) is 3.04. The van der Waals surface area contributed by atoms with Gasteiger partial charge < -0.3 is 5.32 Å². The van der Waals surface area contributed by atoms with E-state index in [2.05, 4.69) is 5.32 Å². The Kier molecular flexibility index (Phi) is 6.57. The van der Waals surface area contributed by atoms with Crippen LogP contribution in [0.2, 0.25) is 0 Å². The number of rotatable bonds is 6. The Labute approximate surface area is 165 Å². The molecule has 0 aromatic heterocycles. The maximum atomic E-state index is 12.8. The Balaban J connectivity index is 1.55. The van der Waals surface area contributed by atoms with Gasteiger partial charge in [-0.05, 0) is 48.9 Å². The molecule has 0 aliphatic carbocycles. The van der Waals surface area contributed by atoms with Crippen LogP contribution in [0.1, 0.15) is 18.4 Å². The second kappa shape index (κ2) is 8.91. The molecule has 0 radical (unpaired) electrons. The number of nitrogens with one attached hydrogen (secondary N) is 1. The van der Waals surface area contributed by atoms with Crippen molar-refractivity contribution < 1.29 is 13.2 Å². The Hall–Kier alpha value is -1.83. The molecule has 2 aromatic carbocycles. The summed E-state index contributed by atoms with van der Waals surface area (Å²) in [6, 6.07) is 16.7. The Morgan fingerprint density at radius 3 is 2.30 bits per heavy atom. The van der Waals surface area contributed by atoms with Crippen LogP contribution in [0.4, 0.5) is 0 Å².